The van der Waals surface area contributed by atoms with Gasteiger partial charge in [0.1, 0.15) is 5.75 Å². The van der Waals surface area contributed by atoms with Crippen molar-refractivity contribution in [2.75, 3.05) is 6.61 Å². The van der Waals surface area contributed by atoms with Crippen LogP contribution in [0, 0.1) is 13.8 Å². The number of carbonyl (C=O) groups excluding carboxylic acids is 1. The maximum atomic E-state index is 11.7. The fraction of sp³-hybridized carbons (Fsp3) is 0.533. The second-order valence-corrected chi connectivity index (χ2v) is 4.50. The van der Waals surface area contributed by atoms with E-state index >= 15 is 0 Å². The monoisotopic (exact) mass is 250 g/mol. The summed E-state index contributed by atoms with van der Waals surface area (Å²) in [5, 5.41) is 0. The number of rotatable bonds is 5. The van der Waals surface area contributed by atoms with Crippen LogP contribution in [0.3, 0.4) is 0 Å². The Labute approximate surface area is 109 Å². The molecule has 0 unspecified atom stereocenters. The van der Waals surface area contributed by atoms with Crippen molar-refractivity contribution in [1.29, 1.82) is 0 Å². The van der Waals surface area contributed by atoms with Crippen LogP contribution in [0.1, 0.15) is 48.7 Å². The average Bonchev–Trinajstić information content (AvgIpc) is 2.33. The second kappa shape index (κ2) is 6.43. The highest BCUT2D eigenvalue weighted by Crippen LogP contribution is 2.26. The highest BCUT2D eigenvalue weighted by atomic mass is 16.5. The van der Waals surface area contributed by atoms with Gasteiger partial charge < -0.3 is 9.47 Å². The molecule has 1 atom stereocenters. The minimum Gasteiger partial charge on any atom is -0.490 e. The highest BCUT2D eigenvalue weighted by Gasteiger charge is 2.13. The molecule has 1 aromatic rings. The summed E-state index contributed by atoms with van der Waals surface area (Å²) in [7, 11) is 0. The van der Waals surface area contributed by atoms with Gasteiger partial charge in [-0.2, -0.15) is 0 Å². The van der Waals surface area contributed by atoms with Crippen molar-refractivity contribution in [3.05, 3.63) is 28.8 Å². The van der Waals surface area contributed by atoms with E-state index in [1.54, 1.807) is 6.92 Å². The van der Waals surface area contributed by atoms with E-state index in [0.717, 1.165) is 23.3 Å². The van der Waals surface area contributed by atoms with Crippen molar-refractivity contribution in [1.82, 2.24) is 0 Å². The molecular weight excluding hydrogens is 228 g/mol. The zero-order valence-electron chi connectivity index (χ0n) is 11.9. The van der Waals surface area contributed by atoms with Crippen molar-refractivity contribution in [2.24, 2.45) is 0 Å². The maximum Gasteiger partial charge on any atom is 0.338 e. The zero-order chi connectivity index (χ0) is 13.7. The molecular formula is C15H22O3. The third-order valence-electron chi connectivity index (χ3n) is 2.87. The number of hydrogen-bond acceptors (Lipinski definition) is 3. The molecule has 0 amide bonds. The molecule has 0 aliphatic heterocycles. The fourth-order valence-electron chi connectivity index (χ4n) is 1.75. The number of benzene rings is 1. The third-order valence-corrected chi connectivity index (χ3v) is 2.87. The number of aryl methyl sites for hydroxylation is 2. The molecule has 1 rings (SSSR count). The largest absolute Gasteiger partial charge is 0.490 e. The van der Waals surface area contributed by atoms with E-state index in [0.29, 0.717) is 12.2 Å². The lowest BCUT2D eigenvalue weighted by Gasteiger charge is -2.17. The van der Waals surface area contributed by atoms with E-state index in [2.05, 4.69) is 6.92 Å². The minimum atomic E-state index is -0.279. The van der Waals surface area contributed by atoms with Gasteiger partial charge in [0.2, 0.25) is 0 Å². The molecule has 0 saturated carbocycles. The van der Waals surface area contributed by atoms with Crippen LogP contribution in [0.4, 0.5) is 0 Å². The lowest BCUT2D eigenvalue weighted by molar-refractivity contribution is 0.0526. The van der Waals surface area contributed by atoms with Gasteiger partial charge in [-0.15, -0.1) is 0 Å². The molecule has 3 heteroatoms. The van der Waals surface area contributed by atoms with E-state index in [-0.39, 0.29) is 12.1 Å². The first-order valence-electron chi connectivity index (χ1n) is 6.44. The summed E-state index contributed by atoms with van der Waals surface area (Å²) in [6.07, 6.45) is 1.13. The summed E-state index contributed by atoms with van der Waals surface area (Å²) >= 11 is 0. The Balaban J connectivity index is 3.01. The summed E-state index contributed by atoms with van der Waals surface area (Å²) in [5.74, 6) is 0.594. The van der Waals surface area contributed by atoms with Gasteiger partial charge >= 0.3 is 5.97 Å². The molecule has 0 fully saturated rings. The summed E-state index contributed by atoms with van der Waals surface area (Å²) in [5.41, 5.74) is 2.53. The summed E-state index contributed by atoms with van der Waals surface area (Å²) in [6.45, 7) is 10.2. The van der Waals surface area contributed by atoms with E-state index in [9.17, 15) is 4.79 Å². The molecule has 0 aliphatic rings. The molecule has 0 radical (unpaired) electrons. The van der Waals surface area contributed by atoms with Crippen LogP contribution in [0.5, 0.6) is 5.75 Å². The van der Waals surface area contributed by atoms with Crippen molar-refractivity contribution in [3.8, 4) is 5.75 Å². The van der Waals surface area contributed by atoms with Crippen molar-refractivity contribution < 1.29 is 14.3 Å². The lowest BCUT2D eigenvalue weighted by Crippen LogP contribution is -2.12. The SMILES string of the molecule is CCOC(=O)c1cc(C)c(O[C@H](C)CC)c(C)c1. The van der Waals surface area contributed by atoms with Gasteiger partial charge in [-0.3, -0.25) is 0 Å². The van der Waals surface area contributed by atoms with Gasteiger partial charge in [-0.1, -0.05) is 6.92 Å². The van der Waals surface area contributed by atoms with E-state index in [1.165, 1.54) is 0 Å². The summed E-state index contributed by atoms with van der Waals surface area (Å²) in [6, 6.07) is 3.64. The van der Waals surface area contributed by atoms with Crippen LogP contribution in [0.15, 0.2) is 12.1 Å². The number of carbonyl (C=O) groups is 1. The number of esters is 1. The molecule has 0 spiro atoms. The van der Waals surface area contributed by atoms with E-state index < -0.39 is 0 Å². The standard InChI is InChI=1S/C15H22O3/c1-6-12(5)18-14-10(3)8-13(9-11(14)4)15(16)17-7-2/h8-9,12H,6-7H2,1-5H3/t12-/m1/s1. The topological polar surface area (TPSA) is 35.5 Å². The molecule has 0 N–H and O–H groups in total. The molecule has 100 valence electrons. The Bertz CT molecular complexity index is 401. The Morgan fingerprint density at radius 2 is 1.78 bits per heavy atom. The number of hydrogen-bond donors (Lipinski definition) is 0. The predicted octanol–water partition coefficient (Wildman–Crippen LogP) is 3.66. The van der Waals surface area contributed by atoms with Crippen LogP contribution in [-0.4, -0.2) is 18.7 Å². The summed E-state index contributed by atoms with van der Waals surface area (Å²) in [4.78, 5) is 11.7. The average molecular weight is 250 g/mol. The fourth-order valence-corrected chi connectivity index (χ4v) is 1.75. The normalized spacial score (nSPS) is 12.1. The van der Waals surface area contributed by atoms with Crippen molar-refractivity contribution in [2.45, 2.75) is 47.1 Å². The van der Waals surface area contributed by atoms with Gasteiger partial charge in [-0.05, 0) is 57.4 Å². The van der Waals surface area contributed by atoms with Gasteiger partial charge in [-0.25, -0.2) is 4.79 Å². The van der Waals surface area contributed by atoms with Crippen LogP contribution < -0.4 is 4.74 Å². The molecule has 0 heterocycles. The Kier molecular flexibility index (Phi) is 5.20. The third kappa shape index (κ3) is 3.49. The predicted molar refractivity (Wildman–Crippen MR) is 72.3 cm³/mol. The first kappa shape index (κ1) is 14.6. The first-order valence-corrected chi connectivity index (χ1v) is 6.44. The molecule has 1 aromatic carbocycles. The zero-order valence-corrected chi connectivity index (χ0v) is 11.9. The number of ether oxygens (including phenoxy) is 2. The van der Waals surface area contributed by atoms with Gasteiger partial charge in [0.25, 0.3) is 0 Å². The lowest BCUT2D eigenvalue weighted by atomic mass is 10.1. The molecule has 0 bridgehead atoms. The van der Waals surface area contributed by atoms with Crippen LogP contribution in [0.25, 0.3) is 0 Å². The molecule has 18 heavy (non-hydrogen) atoms. The van der Waals surface area contributed by atoms with Gasteiger partial charge in [0.15, 0.2) is 0 Å². The van der Waals surface area contributed by atoms with Gasteiger partial charge in [0, 0.05) is 0 Å². The van der Waals surface area contributed by atoms with Crippen molar-refractivity contribution >= 4 is 5.97 Å². The Hall–Kier alpha value is -1.51. The maximum absolute atomic E-state index is 11.7. The Morgan fingerprint density at radius 3 is 2.22 bits per heavy atom. The quantitative estimate of drug-likeness (QED) is 0.748. The second-order valence-electron chi connectivity index (χ2n) is 4.50. The van der Waals surface area contributed by atoms with E-state index in [1.807, 2.05) is 32.9 Å². The van der Waals surface area contributed by atoms with Crippen LogP contribution in [0.2, 0.25) is 0 Å². The first-order chi connectivity index (χ1) is 8.49. The smallest absolute Gasteiger partial charge is 0.338 e. The highest BCUT2D eigenvalue weighted by molar-refractivity contribution is 5.90. The molecule has 3 nitrogen and oxygen atoms in total. The minimum absolute atomic E-state index is 0.177. The van der Waals surface area contributed by atoms with Crippen LogP contribution in [-0.2, 0) is 4.74 Å². The Morgan fingerprint density at radius 1 is 1.22 bits per heavy atom. The van der Waals surface area contributed by atoms with Crippen LogP contribution >= 0.6 is 0 Å². The molecule has 0 aromatic heterocycles. The van der Waals surface area contributed by atoms with Gasteiger partial charge in [0.05, 0.1) is 18.3 Å². The van der Waals surface area contributed by atoms with E-state index in [4.69, 9.17) is 9.47 Å². The molecule has 0 aliphatic carbocycles. The summed E-state index contributed by atoms with van der Waals surface area (Å²) < 4.78 is 10.9. The van der Waals surface area contributed by atoms with Crippen molar-refractivity contribution in [3.63, 3.8) is 0 Å². The molecule has 0 saturated heterocycles.